The normalized spacial score (nSPS) is 16.7. The Morgan fingerprint density at radius 1 is 1.22 bits per heavy atom. The number of aryl methyl sites for hydroxylation is 1. The summed E-state index contributed by atoms with van der Waals surface area (Å²) < 4.78 is 43.4. The molecule has 0 heterocycles. The third-order valence-corrected chi connectivity index (χ3v) is 5.07. The van der Waals surface area contributed by atoms with Gasteiger partial charge in [-0.05, 0) is 62.4 Å². The van der Waals surface area contributed by atoms with E-state index in [1.807, 2.05) is 0 Å². The molecule has 2 aromatic rings. The van der Waals surface area contributed by atoms with E-state index >= 15 is 0 Å². The van der Waals surface area contributed by atoms with E-state index in [9.17, 15) is 18.0 Å². The summed E-state index contributed by atoms with van der Waals surface area (Å²) in [5, 5.41) is 3.01. The van der Waals surface area contributed by atoms with Crippen LogP contribution in [0.3, 0.4) is 0 Å². The average Bonchev–Trinajstić information content (AvgIpc) is 2.61. The first-order valence-electron chi connectivity index (χ1n) is 8.92. The molecule has 2 aromatic carbocycles. The zero-order valence-corrected chi connectivity index (χ0v) is 15.3. The molecule has 3 rings (SSSR count). The molecule has 3 nitrogen and oxygen atoms in total. The Hall–Kier alpha value is -2.50. The molecule has 0 saturated heterocycles. The fourth-order valence-electron chi connectivity index (χ4n) is 3.55. The van der Waals surface area contributed by atoms with Gasteiger partial charge in [-0.1, -0.05) is 24.3 Å². The summed E-state index contributed by atoms with van der Waals surface area (Å²) in [4.78, 5) is 12.9. The van der Waals surface area contributed by atoms with Crippen LogP contribution in [0.5, 0.6) is 5.75 Å². The summed E-state index contributed by atoms with van der Waals surface area (Å²) in [6.45, 7) is 0.498. The largest absolute Gasteiger partial charge is 0.435 e. The number of hydrogen-bond donors (Lipinski definition) is 1. The van der Waals surface area contributed by atoms with E-state index in [1.165, 1.54) is 12.1 Å². The van der Waals surface area contributed by atoms with Crippen LogP contribution in [0.2, 0.25) is 0 Å². The molecule has 0 radical (unpaired) electrons. The third-order valence-electron chi connectivity index (χ3n) is 5.07. The SMILES string of the molecule is CC(C)(C(=O)NC1CCCc2cc(OC(F)F)ccc21)c1ccccc1F. The summed E-state index contributed by atoms with van der Waals surface area (Å²) in [6, 6.07) is 10.8. The van der Waals surface area contributed by atoms with Gasteiger partial charge in [0.2, 0.25) is 5.91 Å². The average molecular weight is 377 g/mol. The number of benzene rings is 2. The first kappa shape index (κ1) is 19.3. The Kier molecular flexibility index (Phi) is 5.44. The van der Waals surface area contributed by atoms with Gasteiger partial charge in [-0.3, -0.25) is 4.79 Å². The standard InChI is InChI=1S/C21H22F3NO2/c1-21(2,16-7-3-4-8-17(16)22)19(26)25-18-9-5-6-13-12-14(27-20(23)24)10-11-15(13)18/h3-4,7-8,10-12,18,20H,5-6,9H2,1-2H3,(H,25,26). The highest BCUT2D eigenvalue weighted by atomic mass is 19.3. The van der Waals surface area contributed by atoms with E-state index in [4.69, 9.17) is 0 Å². The summed E-state index contributed by atoms with van der Waals surface area (Å²) in [6.07, 6.45) is 2.29. The van der Waals surface area contributed by atoms with E-state index in [0.29, 0.717) is 5.56 Å². The zero-order valence-electron chi connectivity index (χ0n) is 15.3. The lowest BCUT2D eigenvalue weighted by Crippen LogP contribution is -2.43. The van der Waals surface area contributed by atoms with Gasteiger partial charge in [-0.2, -0.15) is 8.78 Å². The first-order valence-corrected chi connectivity index (χ1v) is 8.92. The maximum absolute atomic E-state index is 14.2. The van der Waals surface area contributed by atoms with E-state index < -0.39 is 17.8 Å². The van der Waals surface area contributed by atoms with Gasteiger partial charge in [0.15, 0.2) is 0 Å². The van der Waals surface area contributed by atoms with Gasteiger partial charge in [0, 0.05) is 5.56 Å². The van der Waals surface area contributed by atoms with Gasteiger partial charge >= 0.3 is 6.61 Å². The van der Waals surface area contributed by atoms with Crippen LogP contribution < -0.4 is 10.1 Å². The lowest BCUT2D eigenvalue weighted by Gasteiger charge is -2.31. The minimum absolute atomic E-state index is 0.113. The van der Waals surface area contributed by atoms with Crippen LogP contribution in [0, 0.1) is 5.82 Å². The second-order valence-electron chi connectivity index (χ2n) is 7.26. The Bertz CT molecular complexity index is 836. The smallest absolute Gasteiger partial charge is 0.387 e. The van der Waals surface area contributed by atoms with Gasteiger partial charge in [0.25, 0.3) is 0 Å². The molecule has 0 saturated carbocycles. The number of rotatable bonds is 5. The Morgan fingerprint density at radius 3 is 2.67 bits per heavy atom. The summed E-state index contributed by atoms with van der Waals surface area (Å²) in [5.41, 5.74) is 1.06. The van der Waals surface area contributed by atoms with Crippen molar-refractivity contribution in [2.45, 2.75) is 51.2 Å². The van der Waals surface area contributed by atoms with E-state index in [-0.39, 0.29) is 17.7 Å². The lowest BCUT2D eigenvalue weighted by molar-refractivity contribution is -0.126. The molecule has 0 bridgehead atoms. The maximum atomic E-state index is 14.2. The van der Waals surface area contributed by atoms with E-state index in [2.05, 4.69) is 10.1 Å². The van der Waals surface area contributed by atoms with Gasteiger partial charge in [-0.25, -0.2) is 4.39 Å². The van der Waals surface area contributed by atoms with Crippen molar-refractivity contribution in [2.24, 2.45) is 0 Å². The number of amides is 1. The molecular weight excluding hydrogens is 355 g/mol. The van der Waals surface area contributed by atoms with Crippen molar-refractivity contribution in [2.75, 3.05) is 0 Å². The minimum Gasteiger partial charge on any atom is -0.435 e. The fourth-order valence-corrected chi connectivity index (χ4v) is 3.55. The van der Waals surface area contributed by atoms with E-state index in [1.54, 1.807) is 44.2 Å². The number of ether oxygens (including phenoxy) is 1. The molecule has 1 amide bonds. The van der Waals surface area contributed by atoms with Crippen LogP contribution >= 0.6 is 0 Å². The number of nitrogens with one attached hydrogen (secondary N) is 1. The zero-order chi connectivity index (χ0) is 19.6. The summed E-state index contributed by atoms with van der Waals surface area (Å²) in [7, 11) is 0. The maximum Gasteiger partial charge on any atom is 0.387 e. The Balaban J connectivity index is 1.81. The molecule has 144 valence electrons. The molecule has 1 aliphatic carbocycles. The number of halogens is 3. The van der Waals surface area contributed by atoms with Crippen molar-refractivity contribution in [3.63, 3.8) is 0 Å². The van der Waals surface area contributed by atoms with Crippen LogP contribution in [-0.4, -0.2) is 12.5 Å². The summed E-state index contributed by atoms with van der Waals surface area (Å²) >= 11 is 0. The van der Waals surface area contributed by atoms with Crippen molar-refractivity contribution in [1.29, 1.82) is 0 Å². The van der Waals surface area contributed by atoms with Crippen molar-refractivity contribution >= 4 is 5.91 Å². The minimum atomic E-state index is -2.87. The second-order valence-corrected chi connectivity index (χ2v) is 7.26. The van der Waals surface area contributed by atoms with Gasteiger partial charge in [-0.15, -0.1) is 0 Å². The molecular formula is C21H22F3NO2. The van der Waals surface area contributed by atoms with Gasteiger partial charge < -0.3 is 10.1 Å². The molecule has 6 heteroatoms. The van der Waals surface area contributed by atoms with Crippen LogP contribution in [0.1, 0.15) is 49.4 Å². The second kappa shape index (κ2) is 7.62. The highest BCUT2D eigenvalue weighted by molar-refractivity contribution is 5.87. The van der Waals surface area contributed by atoms with Crippen molar-refractivity contribution in [3.05, 3.63) is 65.0 Å². The summed E-state index contributed by atoms with van der Waals surface area (Å²) in [5.74, 6) is -0.587. The molecule has 0 fully saturated rings. The quantitative estimate of drug-likeness (QED) is 0.805. The molecule has 1 atom stereocenters. The number of carbonyl (C=O) groups is 1. The monoisotopic (exact) mass is 377 g/mol. The molecule has 27 heavy (non-hydrogen) atoms. The predicted molar refractivity (Wildman–Crippen MR) is 96.3 cm³/mol. The molecule has 1 N–H and O–H groups in total. The van der Waals surface area contributed by atoms with Crippen molar-refractivity contribution < 1.29 is 22.7 Å². The van der Waals surface area contributed by atoms with Gasteiger partial charge in [0.05, 0.1) is 11.5 Å². The topological polar surface area (TPSA) is 38.3 Å². The van der Waals surface area contributed by atoms with Crippen molar-refractivity contribution in [3.8, 4) is 5.75 Å². The highest BCUT2D eigenvalue weighted by Gasteiger charge is 2.34. The lowest BCUT2D eigenvalue weighted by atomic mass is 9.81. The van der Waals surface area contributed by atoms with Gasteiger partial charge in [0.1, 0.15) is 11.6 Å². The van der Waals surface area contributed by atoms with Crippen LogP contribution in [0.4, 0.5) is 13.2 Å². The number of fused-ring (bicyclic) bond motifs is 1. The fraction of sp³-hybridized carbons (Fsp3) is 0.381. The predicted octanol–water partition coefficient (Wildman–Crippen LogP) is 4.90. The molecule has 1 unspecified atom stereocenters. The van der Waals surface area contributed by atoms with Crippen molar-refractivity contribution in [1.82, 2.24) is 5.32 Å². The third kappa shape index (κ3) is 4.10. The molecule has 0 spiro atoms. The first-order chi connectivity index (χ1) is 12.8. The van der Waals surface area contributed by atoms with Crippen LogP contribution in [-0.2, 0) is 16.6 Å². The highest BCUT2D eigenvalue weighted by Crippen LogP contribution is 2.34. The molecule has 1 aliphatic rings. The number of hydrogen-bond acceptors (Lipinski definition) is 2. The molecule has 0 aliphatic heterocycles. The van der Waals surface area contributed by atoms with Crippen LogP contribution in [0.15, 0.2) is 42.5 Å². The number of carbonyl (C=O) groups excluding carboxylic acids is 1. The van der Waals surface area contributed by atoms with Crippen LogP contribution in [0.25, 0.3) is 0 Å². The Labute approximate surface area is 156 Å². The Morgan fingerprint density at radius 2 is 1.96 bits per heavy atom. The number of alkyl halides is 2. The van der Waals surface area contributed by atoms with E-state index in [0.717, 1.165) is 30.4 Å². The molecule has 0 aromatic heterocycles.